The van der Waals surface area contributed by atoms with Crippen molar-refractivity contribution < 1.29 is 24.0 Å². The lowest BCUT2D eigenvalue weighted by molar-refractivity contribution is -0.384. The summed E-state index contributed by atoms with van der Waals surface area (Å²) in [6.07, 6.45) is 0.0557. The van der Waals surface area contributed by atoms with Gasteiger partial charge in [0.15, 0.2) is 0 Å². The van der Waals surface area contributed by atoms with Gasteiger partial charge in [0, 0.05) is 30.2 Å². The number of non-ortho nitro benzene ring substituents is 1. The van der Waals surface area contributed by atoms with Crippen molar-refractivity contribution in [2.24, 2.45) is 0 Å². The smallest absolute Gasteiger partial charge is 0.336 e. The van der Waals surface area contributed by atoms with Crippen molar-refractivity contribution in [1.82, 2.24) is 5.32 Å². The van der Waals surface area contributed by atoms with Gasteiger partial charge in [0.05, 0.1) is 10.5 Å². The number of esters is 1. The highest BCUT2D eigenvalue weighted by atomic mass is 16.6. The maximum atomic E-state index is 12.7. The van der Waals surface area contributed by atoms with E-state index in [1.54, 1.807) is 31.2 Å². The molecule has 1 aliphatic rings. The van der Waals surface area contributed by atoms with Crippen LogP contribution in [-0.4, -0.2) is 30.0 Å². The second-order valence-electron chi connectivity index (χ2n) is 6.49. The predicted molar refractivity (Wildman–Crippen MR) is 104 cm³/mol. The number of nitro benzene ring substituents is 1. The van der Waals surface area contributed by atoms with Crippen LogP contribution in [0.25, 0.3) is 0 Å². The molecule has 0 saturated heterocycles. The number of carbonyl (C=O) groups is 2. The van der Waals surface area contributed by atoms with Gasteiger partial charge in [-0.2, -0.15) is 0 Å². The molecule has 0 bridgehead atoms. The fourth-order valence-electron chi connectivity index (χ4n) is 3.17. The number of nitrogens with one attached hydrogen (secondary N) is 1. The Morgan fingerprint density at radius 3 is 2.48 bits per heavy atom. The van der Waals surface area contributed by atoms with Crippen LogP contribution in [0.3, 0.4) is 0 Å². The first kappa shape index (κ1) is 20.1. The Morgan fingerprint density at radius 2 is 1.83 bits per heavy atom. The van der Waals surface area contributed by atoms with Gasteiger partial charge in [-0.1, -0.05) is 30.3 Å². The standard InChI is InChI=1S/C21H20N2O6/c1-14-20(21(25)29-12-11-28-17-5-3-2-4-6-17)18(13-19(24)22-14)15-7-9-16(10-8-15)23(26)27/h2-10,18H,11-13H2,1H3,(H,22,24). The molecule has 2 aromatic rings. The first-order chi connectivity index (χ1) is 14.0. The average molecular weight is 396 g/mol. The number of nitro groups is 1. The van der Waals surface area contributed by atoms with Crippen LogP contribution in [0.4, 0.5) is 5.69 Å². The van der Waals surface area contributed by atoms with E-state index in [9.17, 15) is 19.7 Å². The Kier molecular flexibility index (Phi) is 6.23. The van der Waals surface area contributed by atoms with Gasteiger partial charge >= 0.3 is 5.97 Å². The number of nitrogens with zero attached hydrogens (tertiary/aromatic N) is 1. The number of carbonyl (C=O) groups excluding carboxylic acids is 2. The summed E-state index contributed by atoms with van der Waals surface area (Å²) in [5.41, 5.74) is 1.32. The second-order valence-corrected chi connectivity index (χ2v) is 6.49. The molecule has 1 aliphatic heterocycles. The molecule has 0 fully saturated rings. The average Bonchev–Trinajstić information content (AvgIpc) is 2.71. The molecule has 29 heavy (non-hydrogen) atoms. The lowest BCUT2D eigenvalue weighted by Gasteiger charge is -2.26. The van der Waals surface area contributed by atoms with E-state index in [1.165, 1.54) is 12.1 Å². The van der Waals surface area contributed by atoms with E-state index in [2.05, 4.69) is 5.32 Å². The quantitative estimate of drug-likeness (QED) is 0.333. The Labute approximate surface area is 167 Å². The SMILES string of the molecule is CC1=C(C(=O)OCCOc2ccccc2)C(c2ccc([N+](=O)[O-])cc2)CC(=O)N1. The molecule has 0 spiro atoms. The highest BCUT2D eigenvalue weighted by Crippen LogP contribution is 2.34. The van der Waals surface area contributed by atoms with Crippen molar-refractivity contribution in [2.45, 2.75) is 19.3 Å². The van der Waals surface area contributed by atoms with Crippen molar-refractivity contribution in [2.75, 3.05) is 13.2 Å². The summed E-state index contributed by atoms with van der Waals surface area (Å²) in [6, 6.07) is 15.0. The summed E-state index contributed by atoms with van der Waals surface area (Å²) in [6.45, 7) is 1.87. The monoisotopic (exact) mass is 396 g/mol. The van der Waals surface area contributed by atoms with Crippen molar-refractivity contribution in [3.05, 3.63) is 81.5 Å². The van der Waals surface area contributed by atoms with Crippen LogP contribution in [0.1, 0.15) is 24.8 Å². The Bertz CT molecular complexity index is 937. The number of rotatable bonds is 7. The lowest BCUT2D eigenvalue weighted by Crippen LogP contribution is -2.34. The molecule has 8 heteroatoms. The van der Waals surface area contributed by atoms with E-state index >= 15 is 0 Å². The molecule has 3 rings (SSSR count). The molecule has 1 unspecified atom stereocenters. The largest absolute Gasteiger partial charge is 0.490 e. The van der Waals surface area contributed by atoms with Crippen molar-refractivity contribution in [3.63, 3.8) is 0 Å². The Morgan fingerprint density at radius 1 is 1.14 bits per heavy atom. The molecule has 0 radical (unpaired) electrons. The van der Waals surface area contributed by atoms with E-state index in [0.29, 0.717) is 22.6 Å². The summed E-state index contributed by atoms with van der Waals surface area (Å²) < 4.78 is 10.8. The van der Waals surface area contributed by atoms with Gasteiger partial charge < -0.3 is 14.8 Å². The third kappa shape index (κ3) is 4.98. The molecular weight excluding hydrogens is 376 g/mol. The molecule has 1 heterocycles. The fraction of sp³-hybridized carbons (Fsp3) is 0.238. The maximum absolute atomic E-state index is 12.7. The van der Waals surface area contributed by atoms with E-state index < -0.39 is 16.8 Å². The molecule has 0 saturated carbocycles. The summed E-state index contributed by atoms with van der Waals surface area (Å²) in [7, 11) is 0. The minimum atomic E-state index is -0.553. The zero-order valence-electron chi connectivity index (χ0n) is 15.8. The first-order valence-corrected chi connectivity index (χ1v) is 9.05. The summed E-state index contributed by atoms with van der Waals surface area (Å²) in [5.74, 6) is -0.642. The molecule has 0 aromatic heterocycles. The van der Waals surface area contributed by atoms with Gasteiger partial charge in [-0.15, -0.1) is 0 Å². The highest BCUT2D eigenvalue weighted by Gasteiger charge is 2.33. The highest BCUT2D eigenvalue weighted by molar-refractivity contribution is 5.95. The van der Waals surface area contributed by atoms with Crippen LogP contribution in [0.2, 0.25) is 0 Å². The molecule has 2 aromatic carbocycles. The number of benzene rings is 2. The number of allylic oxidation sites excluding steroid dienone is 1. The molecule has 0 aliphatic carbocycles. The third-order valence-corrected chi connectivity index (χ3v) is 4.52. The van der Waals surface area contributed by atoms with E-state index in [0.717, 1.165) is 0 Å². The number of hydrogen-bond donors (Lipinski definition) is 1. The molecular formula is C21H20N2O6. The predicted octanol–water partition coefficient (Wildman–Crippen LogP) is 3.09. The Hall–Kier alpha value is -3.68. The van der Waals surface area contributed by atoms with Gasteiger partial charge in [-0.25, -0.2) is 4.79 Å². The van der Waals surface area contributed by atoms with Crippen molar-refractivity contribution in [1.29, 1.82) is 0 Å². The minimum absolute atomic E-state index is 0.0471. The number of hydrogen-bond acceptors (Lipinski definition) is 6. The van der Waals surface area contributed by atoms with Crippen molar-refractivity contribution >= 4 is 17.6 Å². The zero-order valence-corrected chi connectivity index (χ0v) is 15.8. The maximum Gasteiger partial charge on any atom is 0.336 e. The van der Waals surface area contributed by atoms with E-state index in [-0.39, 0.29) is 31.2 Å². The van der Waals surface area contributed by atoms with Gasteiger partial charge in [0.2, 0.25) is 5.91 Å². The van der Waals surface area contributed by atoms with E-state index in [1.807, 2.05) is 18.2 Å². The second kappa shape index (κ2) is 9.01. The lowest BCUT2D eigenvalue weighted by atomic mass is 9.84. The van der Waals surface area contributed by atoms with Crippen LogP contribution < -0.4 is 10.1 Å². The summed E-state index contributed by atoms with van der Waals surface area (Å²) >= 11 is 0. The van der Waals surface area contributed by atoms with Crippen LogP contribution in [-0.2, 0) is 14.3 Å². The Balaban J connectivity index is 1.69. The van der Waals surface area contributed by atoms with Crippen LogP contribution in [0, 0.1) is 10.1 Å². The number of amides is 1. The van der Waals surface area contributed by atoms with Gasteiger partial charge in [-0.3, -0.25) is 14.9 Å². The molecule has 1 amide bonds. The van der Waals surface area contributed by atoms with E-state index in [4.69, 9.17) is 9.47 Å². The first-order valence-electron chi connectivity index (χ1n) is 9.05. The van der Waals surface area contributed by atoms with Gasteiger partial charge in [0.25, 0.3) is 5.69 Å². The summed E-state index contributed by atoms with van der Waals surface area (Å²) in [4.78, 5) is 35.0. The van der Waals surface area contributed by atoms with Crippen LogP contribution >= 0.6 is 0 Å². The third-order valence-electron chi connectivity index (χ3n) is 4.52. The van der Waals surface area contributed by atoms with Crippen LogP contribution in [0.5, 0.6) is 5.75 Å². The normalized spacial score (nSPS) is 16.2. The van der Waals surface area contributed by atoms with Crippen LogP contribution in [0.15, 0.2) is 65.9 Å². The number of para-hydroxylation sites is 1. The molecule has 1 N–H and O–H groups in total. The molecule has 150 valence electrons. The topological polar surface area (TPSA) is 108 Å². The fourth-order valence-corrected chi connectivity index (χ4v) is 3.17. The number of ether oxygens (including phenoxy) is 2. The molecule has 1 atom stereocenters. The van der Waals surface area contributed by atoms with Gasteiger partial charge in [0.1, 0.15) is 19.0 Å². The van der Waals surface area contributed by atoms with Crippen molar-refractivity contribution in [3.8, 4) is 5.75 Å². The minimum Gasteiger partial charge on any atom is -0.490 e. The van der Waals surface area contributed by atoms with Gasteiger partial charge in [-0.05, 0) is 24.6 Å². The summed E-state index contributed by atoms with van der Waals surface area (Å²) in [5, 5.41) is 13.5. The zero-order chi connectivity index (χ0) is 20.8. The molecule has 8 nitrogen and oxygen atoms in total.